The average Bonchev–Trinajstić information content (AvgIpc) is 2.49. The van der Waals surface area contributed by atoms with E-state index in [4.69, 9.17) is 15.7 Å². The van der Waals surface area contributed by atoms with Crippen LogP contribution in [0.2, 0.25) is 0 Å². The van der Waals surface area contributed by atoms with Crippen molar-refractivity contribution in [1.29, 1.82) is 5.26 Å². The molecule has 0 bridgehead atoms. The topological polar surface area (TPSA) is 79.3 Å². The van der Waals surface area contributed by atoms with Crippen molar-refractivity contribution >= 4 is 0 Å². The van der Waals surface area contributed by atoms with Crippen molar-refractivity contribution in [1.82, 2.24) is 0 Å². The monoisotopic (exact) mass is 176 g/mol. The van der Waals surface area contributed by atoms with E-state index in [2.05, 4.69) is 0 Å². The highest BCUT2D eigenvalue weighted by Gasteiger charge is 2.25. The van der Waals surface area contributed by atoms with Gasteiger partial charge in [0.1, 0.15) is 24.2 Å². The second kappa shape index (κ2) is 2.64. The number of nitriles is 1. The maximum absolute atomic E-state index is 9.60. The third kappa shape index (κ3) is 1.02. The van der Waals surface area contributed by atoms with Crippen LogP contribution in [0.15, 0.2) is 12.1 Å². The SMILES string of the molecule is N#Cc1ccc2c(c1O)C(N)CO2. The second-order valence-corrected chi connectivity index (χ2v) is 2.90. The molecule has 66 valence electrons. The van der Waals surface area contributed by atoms with Gasteiger partial charge in [-0.25, -0.2) is 0 Å². The average molecular weight is 176 g/mol. The molecular formula is C9H8N2O2. The lowest BCUT2D eigenvalue weighted by Crippen LogP contribution is -2.11. The van der Waals surface area contributed by atoms with E-state index in [1.165, 1.54) is 6.07 Å². The maximum atomic E-state index is 9.60. The van der Waals surface area contributed by atoms with Crippen molar-refractivity contribution in [2.75, 3.05) is 6.61 Å². The van der Waals surface area contributed by atoms with Crippen molar-refractivity contribution < 1.29 is 9.84 Å². The van der Waals surface area contributed by atoms with Crippen LogP contribution in [0.4, 0.5) is 0 Å². The van der Waals surface area contributed by atoms with E-state index < -0.39 is 0 Å². The molecule has 1 aliphatic heterocycles. The van der Waals surface area contributed by atoms with Crippen LogP contribution < -0.4 is 10.5 Å². The molecule has 1 aliphatic rings. The Balaban J connectivity index is 2.65. The summed E-state index contributed by atoms with van der Waals surface area (Å²) < 4.78 is 5.20. The van der Waals surface area contributed by atoms with Crippen LogP contribution in [0.5, 0.6) is 11.5 Å². The van der Waals surface area contributed by atoms with Gasteiger partial charge in [-0.1, -0.05) is 0 Å². The van der Waals surface area contributed by atoms with Crippen molar-refractivity contribution in [2.24, 2.45) is 5.73 Å². The van der Waals surface area contributed by atoms with Gasteiger partial charge in [0.25, 0.3) is 0 Å². The molecule has 0 amide bonds. The van der Waals surface area contributed by atoms with E-state index in [-0.39, 0.29) is 17.4 Å². The van der Waals surface area contributed by atoms with Crippen LogP contribution in [-0.4, -0.2) is 11.7 Å². The van der Waals surface area contributed by atoms with Gasteiger partial charge in [-0.05, 0) is 12.1 Å². The number of benzene rings is 1. The Hall–Kier alpha value is -1.73. The predicted octanol–water partition coefficient (Wildman–Crippen LogP) is 0.656. The first-order valence-electron chi connectivity index (χ1n) is 3.88. The van der Waals surface area contributed by atoms with Gasteiger partial charge in [0.05, 0.1) is 17.2 Å². The molecule has 0 aliphatic carbocycles. The van der Waals surface area contributed by atoms with Gasteiger partial charge in [-0.3, -0.25) is 0 Å². The summed E-state index contributed by atoms with van der Waals surface area (Å²) in [5.41, 5.74) is 6.45. The van der Waals surface area contributed by atoms with Gasteiger partial charge in [0, 0.05) is 0 Å². The molecule has 2 rings (SSSR count). The third-order valence-electron chi connectivity index (χ3n) is 2.09. The number of hydrogen-bond donors (Lipinski definition) is 2. The standard InChI is InChI=1S/C9H8N2O2/c10-3-5-1-2-7-8(9(5)12)6(11)4-13-7/h1-2,6,12H,4,11H2. The number of phenols is 1. The predicted molar refractivity (Wildman–Crippen MR) is 45.2 cm³/mol. The summed E-state index contributed by atoms with van der Waals surface area (Å²) in [7, 11) is 0. The molecule has 3 N–H and O–H groups in total. The van der Waals surface area contributed by atoms with E-state index >= 15 is 0 Å². The van der Waals surface area contributed by atoms with Gasteiger partial charge < -0.3 is 15.6 Å². The Morgan fingerprint density at radius 2 is 2.38 bits per heavy atom. The van der Waals surface area contributed by atoms with E-state index in [1.807, 2.05) is 6.07 Å². The zero-order valence-corrected chi connectivity index (χ0v) is 6.82. The number of rotatable bonds is 0. The number of phenolic OH excluding ortho intramolecular Hbond substituents is 1. The van der Waals surface area contributed by atoms with Crippen LogP contribution in [-0.2, 0) is 0 Å². The number of fused-ring (bicyclic) bond motifs is 1. The van der Waals surface area contributed by atoms with Crippen LogP contribution >= 0.6 is 0 Å². The fourth-order valence-electron chi connectivity index (χ4n) is 1.43. The third-order valence-corrected chi connectivity index (χ3v) is 2.09. The van der Waals surface area contributed by atoms with E-state index in [9.17, 15) is 5.11 Å². The van der Waals surface area contributed by atoms with E-state index in [0.717, 1.165) is 0 Å². The Bertz CT molecular complexity index is 395. The molecule has 0 spiro atoms. The van der Waals surface area contributed by atoms with Gasteiger partial charge in [0.15, 0.2) is 0 Å². The van der Waals surface area contributed by atoms with Gasteiger partial charge in [0.2, 0.25) is 0 Å². The van der Waals surface area contributed by atoms with Crippen LogP contribution in [0, 0.1) is 11.3 Å². The molecule has 1 heterocycles. The summed E-state index contributed by atoms with van der Waals surface area (Å²) in [6.45, 7) is 0.359. The smallest absolute Gasteiger partial charge is 0.141 e. The number of aromatic hydroxyl groups is 1. The lowest BCUT2D eigenvalue weighted by Gasteiger charge is -2.04. The number of hydrogen-bond acceptors (Lipinski definition) is 4. The van der Waals surface area contributed by atoms with Crippen LogP contribution in [0.25, 0.3) is 0 Å². The minimum Gasteiger partial charge on any atom is -0.506 e. The normalized spacial score (nSPS) is 18.9. The first-order valence-corrected chi connectivity index (χ1v) is 3.88. The van der Waals surface area contributed by atoms with Crippen molar-refractivity contribution in [2.45, 2.75) is 6.04 Å². The summed E-state index contributed by atoms with van der Waals surface area (Å²) in [6, 6.07) is 4.73. The Morgan fingerprint density at radius 3 is 3.08 bits per heavy atom. The molecule has 4 nitrogen and oxygen atoms in total. The molecule has 0 aromatic heterocycles. The Kier molecular flexibility index (Phi) is 1.61. The summed E-state index contributed by atoms with van der Waals surface area (Å²) in [4.78, 5) is 0. The minimum absolute atomic E-state index is 0.0509. The van der Waals surface area contributed by atoms with Crippen LogP contribution in [0.1, 0.15) is 17.2 Å². The summed E-state index contributed by atoms with van der Waals surface area (Å²) in [6.07, 6.45) is 0. The minimum atomic E-state index is -0.330. The molecule has 1 aromatic carbocycles. The molecule has 1 atom stereocenters. The first-order chi connectivity index (χ1) is 6.24. The highest BCUT2D eigenvalue weighted by atomic mass is 16.5. The highest BCUT2D eigenvalue weighted by Crippen LogP contribution is 2.39. The van der Waals surface area contributed by atoms with Gasteiger partial charge in [-0.15, -0.1) is 0 Å². The van der Waals surface area contributed by atoms with Gasteiger partial charge in [-0.2, -0.15) is 5.26 Å². The highest BCUT2D eigenvalue weighted by molar-refractivity contribution is 5.56. The van der Waals surface area contributed by atoms with Gasteiger partial charge >= 0.3 is 0 Å². The lowest BCUT2D eigenvalue weighted by atomic mass is 10.0. The zero-order valence-electron chi connectivity index (χ0n) is 6.82. The fraction of sp³-hybridized carbons (Fsp3) is 0.222. The summed E-state index contributed by atoms with van der Waals surface area (Å²) >= 11 is 0. The molecular weight excluding hydrogens is 168 g/mol. The molecule has 0 fully saturated rings. The number of nitrogens with zero attached hydrogens (tertiary/aromatic N) is 1. The first kappa shape index (κ1) is 7.90. The largest absolute Gasteiger partial charge is 0.506 e. The van der Waals surface area contributed by atoms with Crippen molar-refractivity contribution in [3.05, 3.63) is 23.3 Å². The number of nitrogens with two attached hydrogens (primary N) is 1. The fourth-order valence-corrected chi connectivity index (χ4v) is 1.43. The van der Waals surface area contributed by atoms with Crippen molar-refractivity contribution in [3.63, 3.8) is 0 Å². The van der Waals surface area contributed by atoms with E-state index in [1.54, 1.807) is 6.07 Å². The van der Waals surface area contributed by atoms with Crippen molar-refractivity contribution in [3.8, 4) is 17.6 Å². The second-order valence-electron chi connectivity index (χ2n) is 2.90. The Labute approximate surface area is 75.2 Å². The molecule has 1 unspecified atom stereocenters. The molecule has 4 heteroatoms. The van der Waals surface area contributed by atoms with Crippen LogP contribution in [0.3, 0.4) is 0 Å². The molecule has 0 saturated carbocycles. The molecule has 0 radical (unpaired) electrons. The summed E-state index contributed by atoms with van der Waals surface area (Å²) in [5.74, 6) is 0.522. The quantitative estimate of drug-likeness (QED) is 0.608. The molecule has 1 aromatic rings. The lowest BCUT2D eigenvalue weighted by molar-refractivity contribution is 0.333. The summed E-state index contributed by atoms with van der Waals surface area (Å²) in [5, 5.41) is 18.2. The maximum Gasteiger partial charge on any atom is 0.141 e. The van der Waals surface area contributed by atoms with E-state index in [0.29, 0.717) is 17.9 Å². The molecule has 13 heavy (non-hydrogen) atoms. The molecule has 0 saturated heterocycles. The zero-order chi connectivity index (χ0) is 9.42. The Morgan fingerprint density at radius 1 is 1.62 bits per heavy atom. The number of ether oxygens (including phenoxy) is 1.